The van der Waals surface area contributed by atoms with Crippen LogP contribution in [-0.4, -0.2) is 41.6 Å². The fourth-order valence-corrected chi connectivity index (χ4v) is 3.09. The highest BCUT2D eigenvalue weighted by molar-refractivity contribution is 6.00. The van der Waals surface area contributed by atoms with Gasteiger partial charge in [-0.1, -0.05) is 6.07 Å². The second-order valence-electron chi connectivity index (χ2n) is 6.27. The number of ketones is 1. The van der Waals surface area contributed by atoms with Gasteiger partial charge in [-0.05, 0) is 32.9 Å². The lowest BCUT2D eigenvalue weighted by Gasteiger charge is -2.17. The Bertz CT molecular complexity index is 871. The van der Waals surface area contributed by atoms with Crippen LogP contribution in [0.4, 0.5) is 5.69 Å². The zero-order chi connectivity index (χ0) is 20.1. The number of nitrogens with zero attached hydrogens (tertiary/aromatic N) is 2. The van der Waals surface area contributed by atoms with Gasteiger partial charge in [0.1, 0.15) is 0 Å². The Labute approximate surface area is 156 Å². The van der Waals surface area contributed by atoms with Crippen molar-refractivity contribution in [2.24, 2.45) is 0 Å². The van der Waals surface area contributed by atoms with Crippen molar-refractivity contribution in [3.05, 3.63) is 63.0 Å². The maximum absolute atomic E-state index is 12.5. The maximum atomic E-state index is 12.5. The second-order valence-corrected chi connectivity index (χ2v) is 6.27. The number of esters is 1. The van der Waals surface area contributed by atoms with E-state index in [-0.39, 0.29) is 23.1 Å². The minimum atomic E-state index is -0.784. The molecule has 0 fully saturated rings. The summed E-state index contributed by atoms with van der Waals surface area (Å²) in [7, 11) is 1.62. The number of hydrogen-bond acceptors (Lipinski definition) is 6. The number of Topliss-reactive ketones (excluding diaryl/α,β-unsaturated/α-hetero) is 1. The van der Waals surface area contributed by atoms with Crippen LogP contribution >= 0.6 is 0 Å². The van der Waals surface area contributed by atoms with Crippen LogP contribution in [0.25, 0.3) is 0 Å². The molecule has 0 aliphatic rings. The number of ether oxygens (including phenoxy) is 2. The molecule has 0 spiro atoms. The van der Waals surface area contributed by atoms with Gasteiger partial charge in [0.25, 0.3) is 5.69 Å². The number of hydrogen-bond donors (Lipinski definition) is 0. The van der Waals surface area contributed by atoms with Crippen molar-refractivity contribution in [3.8, 4) is 0 Å². The largest absolute Gasteiger partial charge is 0.454 e. The van der Waals surface area contributed by atoms with E-state index in [1.807, 2.05) is 25.3 Å². The average molecular weight is 374 g/mol. The van der Waals surface area contributed by atoms with Crippen molar-refractivity contribution >= 4 is 17.4 Å². The van der Waals surface area contributed by atoms with Crippen molar-refractivity contribution < 1.29 is 24.0 Å². The highest BCUT2D eigenvalue weighted by Crippen LogP contribution is 2.21. The molecule has 0 aliphatic carbocycles. The third kappa shape index (κ3) is 4.59. The third-order valence-corrected chi connectivity index (χ3v) is 4.26. The van der Waals surface area contributed by atoms with Crippen LogP contribution in [0.2, 0.25) is 0 Å². The van der Waals surface area contributed by atoms with E-state index < -0.39 is 17.5 Å². The van der Waals surface area contributed by atoms with Crippen LogP contribution in [0.3, 0.4) is 0 Å². The number of benzene rings is 1. The third-order valence-electron chi connectivity index (χ3n) is 4.26. The molecule has 0 aliphatic heterocycles. The van der Waals surface area contributed by atoms with Gasteiger partial charge in [-0.2, -0.15) is 0 Å². The topological polar surface area (TPSA) is 101 Å². The molecule has 8 nitrogen and oxygen atoms in total. The lowest BCUT2D eigenvalue weighted by atomic mass is 10.1. The van der Waals surface area contributed by atoms with E-state index in [2.05, 4.69) is 0 Å². The van der Waals surface area contributed by atoms with Gasteiger partial charge in [0.15, 0.2) is 6.61 Å². The number of methoxy groups -OCH3 is 1. The maximum Gasteiger partial charge on any atom is 0.338 e. The van der Waals surface area contributed by atoms with Crippen molar-refractivity contribution in [3.63, 3.8) is 0 Å². The molecule has 1 aromatic heterocycles. The average Bonchev–Trinajstić information content (AvgIpc) is 2.94. The molecule has 8 heteroatoms. The van der Waals surface area contributed by atoms with E-state index in [1.165, 1.54) is 18.2 Å². The van der Waals surface area contributed by atoms with E-state index in [0.717, 1.165) is 17.5 Å². The van der Waals surface area contributed by atoms with Gasteiger partial charge in [-0.3, -0.25) is 14.9 Å². The number of carbonyl (C=O) groups is 2. The molecule has 0 saturated carbocycles. The van der Waals surface area contributed by atoms with Crippen LogP contribution in [0, 0.1) is 24.0 Å². The normalized spacial score (nSPS) is 11.9. The highest BCUT2D eigenvalue weighted by atomic mass is 16.6. The van der Waals surface area contributed by atoms with Gasteiger partial charge in [0.2, 0.25) is 5.78 Å². The second kappa shape index (κ2) is 8.59. The number of carbonyl (C=O) groups excluding carboxylic acids is 2. The van der Waals surface area contributed by atoms with E-state index in [0.29, 0.717) is 12.2 Å². The summed E-state index contributed by atoms with van der Waals surface area (Å²) >= 11 is 0. The van der Waals surface area contributed by atoms with E-state index in [1.54, 1.807) is 13.2 Å². The number of aryl methyl sites for hydroxylation is 1. The number of non-ortho nitro benzene ring substituents is 1. The van der Waals surface area contributed by atoms with Crippen molar-refractivity contribution in [2.45, 2.75) is 26.8 Å². The van der Waals surface area contributed by atoms with Crippen molar-refractivity contribution in [1.82, 2.24) is 4.57 Å². The summed E-state index contributed by atoms with van der Waals surface area (Å²) in [5, 5.41) is 10.8. The Balaban J connectivity index is 2.10. The predicted octanol–water partition coefficient (Wildman–Crippen LogP) is 3.26. The van der Waals surface area contributed by atoms with E-state index in [4.69, 9.17) is 9.47 Å². The molecule has 0 bridgehead atoms. The molecule has 1 atom stereocenters. The minimum Gasteiger partial charge on any atom is -0.454 e. The first-order valence-corrected chi connectivity index (χ1v) is 8.38. The van der Waals surface area contributed by atoms with Crippen molar-refractivity contribution in [2.75, 3.05) is 20.3 Å². The summed E-state index contributed by atoms with van der Waals surface area (Å²) in [4.78, 5) is 34.8. The fraction of sp³-hybridized carbons (Fsp3) is 0.368. The summed E-state index contributed by atoms with van der Waals surface area (Å²) in [5.41, 5.74) is 1.96. The van der Waals surface area contributed by atoms with Gasteiger partial charge < -0.3 is 14.0 Å². The standard InChI is InChI=1S/C19H22N2O6/c1-12-8-17(14(3)20(12)13(2)10-26-4)18(22)11-27-19(23)15-6-5-7-16(9-15)21(24)25/h5-9,13H,10-11H2,1-4H3/t13-/m0/s1. The van der Waals surface area contributed by atoms with Crippen molar-refractivity contribution in [1.29, 1.82) is 0 Å². The summed E-state index contributed by atoms with van der Waals surface area (Å²) in [5.74, 6) is -1.12. The highest BCUT2D eigenvalue weighted by Gasteiger charge is 2.20. The Morgan fingerprint density at radius 1 is 1.26 bits per heavy atom. The minimum absolute atomic E-state index is 0.0242. The van der Waals surface area contributed by atoms with Crippen LogP contribution < -0.4 is 0 Å². The van der Waals surface area contributed by atoms with Crippen LogP contribution in [0.5, 0.6) is 0 Å². The first kappa shape index (κ1) is 20.3. The Morgan fingerprint density at radius 2 is 1.96 bits per heavy atom. The smallest absolute Gasteiger partial charge is 0.338 e. The number of nitro benzene ring substituents is 1. The molecule has 2 rings (SSSR count). The Morgan fingerprint density at radius 3 is 2.59 bits per heavy atom. The molecule has 27 heavy (non-hydrogen) atoms. The summed E-state index contributed by atoms with van der Waals surface area (Å²) < 4.78 is 12.2. The van der Waals surface area contributed by atoms with Gasteiger partial charge >= 0.3 is 5.97 Å². The molecule has 0 radical (unpaired) electrons. The molecule has 2 aromatic rings. The van der Waals surface area contributed by atoms with Crippen LogP contribution in [0.15, 0.2) is 30.3 Å². The molecule has 1 aromatic carbocycles. The SMILES string of the molecule is COC[C@H](C)n1c(C)cc(C(=O)COC(=O)c2cccc([N+](=O)[O-])c2)c1C. The van der Waals surface area contributed by atoms with Gasteiger partial charge in [-0.25, -0.2) is 4.79 Å². The monoisotopic (exact) mass is 374 g/mol. The summed E-state index contributed by atoms with van der Waals surface area (Å²) in [6.07, 6.45) is 0. The molecule has 0 unspecified atom stereocenters. The summed E-state index contributed by atoms with van der Waals surface area (Å²) in [6.45, 7) is 5.77. The number of nitro groups is 1. The molecule has 1 heterocycles. The fourth-order valence-electron chi connectivity index (χ4n) is 3.09. The van der Waals surface area contributed by atoms with Crippen LogP contribution in [0.1, 0.15) is 45.1 Å². The van der Waals surface area contributed by atoms with Crippen LogP contribution in [-0.2, 0) is 9.47 Å². The van der Waals surface area contributed by atoms with Gasteiger partial charge in [0, 0.05) is 36.2 Å². The first-order chi connectivity index (χ1) is 12.8. The lowest BCUT2D eigenvalue weighted by Crippen LogP contribution is -2.17. The number of aromatic nitrogens is 1. The Hall–Kier alpha value is -3.00. The predicted molar refractivity (Wildman–Crippen MR) is 98.2 cm³/mol. The zero-order valence-electron chi connectivity index (χ0n) is 15.7. The molecular formula is C19H22N2O6. The first-order valence-electron chi connectivity index (χ1n) is 8.38. The number of rotatable bonds is 8. The lowest BCUT2D eigenvalue weighted by molar-refractivity contribution is -0.384. The summed E-state index contributed by atoms with van der Waals surface area (Å²) in [6, 6.07) is 7.00. The van der Waals surface area contributed by atoms with E-state index >= 15 is 0 Å². The molecule has 0 N–H and O–H groups in total. The van der Waals surface area contributed by atoms with Gasteiger partial charge in [-0.15, -0.1) is 0 Å². The Kier molecular flexibility index (Phi) is 6.46. The molecular weight excluding hydrogens is 352 g/mol. The molecule has 144 valence electrons. The molecule has 0 saturated heterocycles. The zero-order valence-corrected chi connectivity index (χ0v) is 15.7. The quantitative estimate of drug-likeness (QED) is 0.304. The molecule has 0 amide bonds. The van der Waals surface area contributed by atoms with Gasteiger partial charge in [0.05, 0.1) is 23.1 Å². The van der Waals surface area contributed by atoms with E-state index in [9.17, 15) is 19.7 Å².